The molecule has 216 valence electrons. The molecule has 4 aliphatic rings. The van der Waals surface area contributed by atoms with Gasteiger partial charge in [-0.05, 0) is 31.6 Å². The van der Waals surface area contributed by atoms with Crippen LogP contribution in [0.15, 0.2) is 6.33 Å². The summed E-state index contributed by atoms with van der Waals surface area (Å²) in [5.41, 5.74) is 6.84. The molecule has 15 nitrogen and oxygen atoms in total. The highest BCUT2D eigenvalue weighted by Gasteiger charge is 2.48. The normalized spacial score (nSPS) is 29.4. The minimum atomic E-state index is -1.41. The van der Waals surface area contributed by atoms with Crippen molar-refractivity contribution in [2.75, 3.05) is 32.4 Å². The fourth-order valence-corrected chi connectivity index (χ4v) is 5.55. The Balaban J connectivity index is 1.10. The molecule has 3 saturated heterocycles. The number of hydrogen-bond donors (Lipinski definition) is 4. The third kappa shape index (κ3) is 5.04. The zero-order valence-corrected chi connectivity index (χ0v) is 22.2. The molecule has 2 aromatic heterocycles. The Morgan fingerprint density at radius 2 is 1.88 bits per heavy atom. The van der Waals surface area contributed by atoms with Crippen LogP contribution in [0.3, 0.4) is 0 Å². The zero-order chi connectivity index (χ0) is 28.1. The SMILES string of the molecule is CN1CCC(OC(=O)N2CCC(Cc3nc(N)c4ncn([C@@H]5O[C@H](C(=O)NC6CC6)C(O)C5O)c4n3)CC2)C1=O. The molecule has 5 heterocycles. The number of ether oxygens (including phenoxy) is 2. The van der Waals surface area contributed by atoms with Gasteiger partial charge in [-0.3, -0.25) is 14.2 Å². The molecular formula is C25H34N8O7. The van der Waals surface area contributed by atoms with Gasteiger partial charge in [0.15, 0.2) is 29.9 Å². The number of carbonyl (C=O) groups excluding carboxylic acids is 3. The van der Waals surface area contributed by atoms with Gasteiger partial charge in [0.2, 0.25) is 0 Å². The zero-order valence-electron chi connectivity index (χ0n) is 22.2. The maximum atomic E-state index is 12.6. The van der Waals surface area contributed by atoms with Gasteiger partial charge in [-0.15, -0.1) is 0 Å². The molecule has 1 saturated carbocycles. The highest BCUT2D eigenvalue weighted by Crippen LogP contribution is 2.33. The largest absolute Gasteiger partial charge is 0.436 e. The van der Waals surface area contributed by atoms with Crippen molar-refractivity contribution in [3.63, 3.8) is 0 Å². The lowest BCUT2D eigenvalue weighted by Crippen LogP contribution is -2.43. The number of aliphatic hydroxyl groups excluding tert-OH is 2. The Hall–Kier alpha value is -3.56. The number of nitrogens with zero attached hydrogens (tertiary/aromatic N) is 6. The van der Waals surface area contributed by atoms with E-state index in [1.165, 1.54) is 10.9 Å². The number of nitrogen functional groups attached to an aromatic ring is 1. The maximum Gasteiger partial charge on any atom is 0.410 e. The van der Waals surface area contributed by atoms with E-state index in [0.29, 0.717) is 62.3 Å². The molecule has 0 bridgehead atoms. The average Bonchev–Trinajstić information content (AvgIpc) is 3.46. The van der Waals surface area contributed by atoms with Gasteiger partial charge in [0.1, 0.15) is 23.5 Å². The van der Waals surface area contributed by atoms with E-state index < -0.39 is 42.6 Å². The van der Waals surface area contributed by atoms with Gasteiger partial charge in [-0.25, -0.2) is 19.7 Å². The molecule has 3 unspecified atom stereocenters. The van der Waals surface area contributed by atoms with Gasteiger partial charge in [0.05, 0.1) is 6.33 Å². The summed E-state index contributed by atoms with van der Waals surface area (Å²) in [5, 5.41) is 24.0. The average molecular weight is 559 g/mol. The van der Waals surface area contributed by atoms with Crippen LogP contribution in [-0.4, -0.2) is 115 Å². The Kier molecular flexibility index (Phi) is 6.96. The van der Waals surface area contributed by atoms with Crippen LogP contribution in [0.5, 0.6) is 0 Å². The minimum absolute atomic E-state index is 0.0831. The van der Waals surface area contributed by atoms with Crippen LogP contribution >= 0.6 is 0 Å². The summed E-state index contributed by atoms with van der Waals surface area (Å²) in [6, 6.07) is 0.0831. The van der Waals surface area contributed by atoms with Crippen LogP contribution in [0.2, 0.25) is 0 Å². The lowest BCUT2D eigenvalue weighted by molar-refractivity contribution is -0.137. The van der Waals surface area contributed by atoms with E-state index in [4.69, 9.17) is 15.2 Å². The predicted octanol–water partition coefficient (Wildman–Crippen LogP) is -1.07. The van der Waals surface area contributed by atoms with Crippen molar-refractivity contribution in [1.82, 2.24) is 34.6 Å². The van der Waals surface area contributed by atoms with Crippen LogP contribution in [-0.2, 0) is 25.5 Å². The molecule has 1 aliphatic carbocycles. The third-order valence-electron chi connectivity index (χ3n) is 8.15. The smallest absolute Gasteiger partial charge is 0.410 e. The number of carbonyl (C=O) groups is 3. The number of rotatable bonds is 6. The first-order chi connectivity index (χ1) is 19.2. The molecular weight excluding hydrogens is 524 g/mol. The fourth-order valence-electron chi connectivity index (χ4n) is 5.55. The first-order valence-electron chi connectivity index (χ1n) is 13.7. The van der Waals surface area contributed by atoms with E-state index in [2.05, 4.69) is 20.3 Å². The fraction of sp³-hybridized carbons (Fsp3) is 0.680. The molecule has 40 heavy (non-hydrogen) atoms. The van der Waals surface area contributed by atoms with E-state index in [-0.39, 0.29) is 23.7 Å². The van der Waals surface area contributed by atoms with Crippen molar-refractivity contribution in [3.8, 4) is 0 Å². The number of nitrogens with one attached hydrogen (secondary N) is 1. The Labute approximate surface area is 229 Å². The van der Waals surface area contributed by atoms with E-state index in [9.17, 15) is 24.6 Å². The maximum absolute atomic E-state index is 12.6. The van der Waals surface area contributed by atoms with Crippen LogP contribution in [0.4, 0.5) is 10.6 Å². The molecule has 3 amide bonds. The third-order valence-corrected chi connectivity index (χ3v) is 8.15. The van der Waals surface area contributed by atoms with Crippen LogP contribution in [0.1, 0.15) is 44.2 Å². The number of hydrogen-bond acceptors (Lipinski definition) is 11. The van der Waals surface area contributed by atoms with Crippen molar-refractivity contribution in [2.45, 2.75) is 75.2 Å². The van der Waals surface area contributed by atoms with Gasteiger partial charge in [0, 0.05) is 45.6 Å². The van der Waals surface area contributed by atoms with Crippen molar-refractivity contribution in [1.29, 1.82) is 0 Å². The Morgan fingerprint density at radius 3 is 2.55 bits per heavy atom. The first kappa shape index (κ1) is 26.7. The summed E-state index contributed by atoms with van der Waals surface area (Å²) in [6.07, 6.45) is -0.714. The number of piperidine rings is 1. The summed E-state index contributed by atoms with van der Waals surface area (Å²) in [5.74, 6) is 0.190. The Bertz CT molecular complexity index is 1310. The molecule has 6 rings (SSSR count). The van der Waals surface area contributed by atoms with Crippen molar-refractivity contribution in [2.24, 2.45) is 5.92 Å². The molecule has 0 spiro atoms. The Morgan fingerprint density at radius 1 is 1.12 bits per heavy atom. The number of imidazole rings is 1. The quantitative estimate of drug-likeness (QED) is 0.337. The first-order valence-corrected chi connectivity index (χ1v) is 13.7. The second-order valence-corrected chi connectivity index (χ2v) is 11.1. The summed E-state index contributed by atoms with van der Waals surface area (Å²) in [4.78, 5) is 53.7. The number of anilines is 1. The second-order valence-electron chi connectivity index (χ2n) is 11.1. The number of amides is 3. The van der Waals surface area contributed by atoms with Crippen LogP contribution < -0.4 is 11.1 Å². The number of aromatic nitrogens is 4. The molecule has 3 aliphatic heterocycles. The predicted molar refractivity (Wildman–Crippen MR) is 137 cm³/mol. The topological polar surface area (TPSA) is 198 Å². The van der Waals surface area contributed by atoms with Gasteiger partial charge < -0.3 is 40.5 Å². The van der Waals surface area contributed by atoms with Gasteiger partial charge >= 0.3 is 6.09 Å². The highest BCUT2D eigenvalue weighted by molar-refractivity contribution is 5.85. The lowest BCUT2D eigenvalue weighted by Gasteiger charge is -2.31. The van der Waals surface area contributed by atoms with Gasteiger partial charge in [-0.1, -0.05) is 0 Å². The van der Waals surface area contributed by atoms with E-state index in [1.807, 2.05) is 0 Å². The summed E-state index contributed by atoms with van der Waals surface area (Å²) in [7, 11) is 1.69. The van der Waals surface area contributed by atoms with Crippen molar-refractivity contribution < 1.29 is 34.1 Å². The molecule has 0 aromatic carbocycles. The van der Waals surface area contributed by atoms with Crippen LogP contribution in [0, 0.1) is 5.92 Å². The molecule has 5 N–H and O–H groups in total. The number of likely N-dealkylation sites (N-methyl/N-ethyl adjacent to an activating group) is 1. The lowest BCUT2D eigenvalue weighted by atomic mass is 9.93. The summed E-state index contributed by atoms with van der Waals surface area (Å²) < 4.78 is 12.7. The summed E-state index contributed by atoms with van der Waals surface area (Å²) in [6.45, 7) is 1.55. The van der Waals surface area contributed by atoms with Gasteiger partial charge in [-0.2, -0.15) is 0 Å². The molecule has 5 atom stereocenters. The number of nitrogens with two attached hydrogens (primary N) is 1. The molecule has 4 fully saturated rings. The highest BCUT2D eigenvalue weighted by atomic mass is 16.6. The molecule has 0 radical (unpaired) electrons. The monoisotopic (exact) mass is 558 g/mol. The summed E-state index contributed by atoms with van der Waals surface area (Å²) >= 11 is 0. The van der Waals surface area contributed by atoms with Crippen molar-refractivity contribution in [3.05, 3.63) is 12.2 Å². The van der Waals surface area contributed by atoms with E-state index >= 15 is 0 Å². The van der Waals surface area contributed by atoms with Gasteiger partial charge in [0.25, 0.3) is 11.8 Å². The number of aliphatic hydroxyl groups is 2. The van der Waals surface area contributed by atoms with Crippen molar-refractivity contribution >= 4 is 34.9 Å². The molecule has 2 aromatic rings. The van der Waals surface area contributed by atoms with Crippen LogP contribution in [0.25, 0.3) is 11.2 Å². The number of likely N-dealkylation sites (tertiary alicyclic amines) is 2. The van der Waals surface area contributed by atoms with E-state index in [0.717, 1.165) is 12.8 Å². The number of fused-ring (bicyclic) bond motifs is 1. The van der Waals surface area contributed by atoms with E-state index in [1.54, 1.807) is 16.8 Å². The standard InChI is InChI=1S/C25H34N8O7/c1-31-7-6-14(23(31)37)39-25(38)32-8-4-12(5-9-32)10-15-29-20(26)16-21(30-15)33(11-27-16)24-18(35)17(34)19(40-24)22(36)28-13-2-3-13/h11-14,17-19,24,34-35H,2-10H2,1H3,(H,28,36)(H2,26,29,30)/t14?,17?,18?,19-,24+/m0/s1. The second kappa shape index (κ2) is 10.4. The minimum Gasteiger partial charge on any atom is -0.436 e. The molecule has 15 heteroatoms.